The maximum atomic E-state index is 12.5. The standard InChI is InChI=1S/C14H24N2O3/c15-12-6-10(7-13(17)18)8-16(9-12)14(19)11-4-2-1-3-5-11/h10-12H,1-9,15H2,(H,17,18). The van der Waals surface area contributed by atoms with Gasteiger partial charge in [-0.15, -0.1) is 0 Å². The van der Waals surface area contributed by atoms with Gasteiger partial charge >= 0.3 is 5.97 Å². The van der Waals surface area contributed by atoms with Crippen LogP contribution in [0.15, 0.2) is 0 Å². The second-order valence-electron chi connectivity index (χ2n) is 6.04. The summed E-state index contributed by atoms with van der Waals surface area (Å²) in [5.41, 5.74) is 5.97. The fourth-order valence-corrected chi connectivity index (χ4v) is 3.43. The smallest absolute Gasteiger partial charge is 0.303 e. The van der Waals surface area contributed by atoms with E-state index in [1.807, 2.05) is 4.90 Å². The quantitative estimate of drug-likeness (QED) is 0.806. The van der Waals surface area contributed by atoms with Crippen LogP contribution in [0.1, 0.15) is 44.9 Å². The number of piperidine rings is 1. The number of amides is 1. The van der Waals surface area contributed by atoms with Crippen LogP contribution in [0.5, 0.6) is 0 Å². The van der Waals surface area contributed by atoms with Crippen molar-refractivity contribution >= 4 is 11.9 Å². The molecular formula is C14H24N2O3. The Hall–Kier alpha value is -1.10. The first-order valence-electron chi connectivity index (χ1n) is 7.32. The number of carboxylic acids is 1. The zero-order chi connectivity index (χ0) is 13.8. The summed E-state index contributed by atoms with van der Waals surface area (Å²) in [5.74, 6) is -0.451. The van der Waals surface area contributed by atoms with Gasteiger partial charge in [0.05, 0.1) is 0 Å². The molecule has 2 unspecified atom stereocenters. The van der Waals surface area contributed by atoms with Gasteiger partial charge in [0.2, 0.25) is 5.91 Å². The van der Waals surface area contributed by atoms with E-state index in [2.05, 4.69) is 0 Å². The van der Waals surface area contributed by atoms with E-state index in [-0.39, 0.29) is 30.2 Å². The Morgan fingerprint density at radius 2 is 1.84 bits per heavy atom. The lowest BCUT2D eigenvalue weighted by Crippen LogP contribution is -2.51. The summed E-state index contributed by atoms with van der Waals surface area (Å²) in [6, 6.07) is -0.0781. The van der Waals surface area contributed by atoms with E-state index in [9.17, 15) is 9.59 Å². The molecule has 0 radical (unpaired) electrons. The zero-order valence-electron chi connectivity index (χ0n) is 11.4. The molecule has 0 aromatic heterocycles. The van der Waals surface area contributed by atoms with Crippen LogP contribution in [-0.2, 0) is 9.59 Å². The van der Waals surface area contributed by atoms with Gasteiger partial charge in [-0.2, -0.15) is 0 Å². The maximum Gasteiger partial charge on any atom is 0.303 e. The Balaban J connectivity index is 1.94. The maximum absolute atomic E-state index is 12.5. The molecule has 3 N–H and O–H groups in total. The summed E-state index contributed by atoms with van der Waals surface area (Å²) in [7, 11) is 0. The number of nitrogens with two attached hydrogens (primary N) is 1. The lowest BCUT2D eigenvalue weighted by molar-refractivity contribution is -0.143. The molecule has 2 fully saturated rings. The monoisotopic (exact) mass is 268 g/mol. The normalized spacial score (nSPS) is 29.2. The molecule has 19 heavy (non-hydrogen) atoms. The van der Waals surface area contributed by atoms with Crippen LogP contribution < -0.4 is 5.73 Å². The Bertz CT molecular complexity index is 340. The highest BCUT2D eigenvalue weighted by molar-refractivity contribution is 5.79. The third-order valence-electron chi connectivity index (χ3n) is 4.30. The van der Waals surface area contributed by atoms with E-state index in [4.69, 9.17) is 10.8 Å². The molecule has 0 spiro atoms. The second-order valence-corrected chi connectivity index (χ2v) is 6.04. The second kappa shape index (κ2) is 6.37. The first kappa shape index (κ1) is 14.3. The zero-order valence-corrected chi connectivity index (χ0v) is 11.4. The molecule has 5 heteroatoms. The summed E-state index contributed by atoms with van der Waals surface area (Å²) in [6.45, 7) is 1.15. The number of likely N-dealkylation sites (tertiary alicyclic amines) is 1. The van der Waals surface area contributed by atoms with Crippen molar-refractivity contribution in [3.05, 3.63) is 0 Å². The molecule has 108 valence electrons. The number of hydrogen-bond donors (Lipinski definition) is 2. The van der Waals surface area contributed by atoms with Crippen molar-refractivity contribution in [1.82, 2.24) is 4.90 Å². The van der Waals surface area contributed by atoms with Gasteiger partial charge in [0.1, 0.15) is 0 Å². The summed E-state index contributed by atoms with van der Waals surface area (Å²) in [6.07, 6.45) is 6.28. The topological polar surface area (TPSA) is 83.6 Å². The Morgan fingerprint density at radius 3 is 2.47 bits per heavy atom. The van der Waals surface area contributed by atoms with Gasteiger partial charge in [0.25, 0.3) is 0 Å². The van der Waals surface area contributed by atoms with Crippen molar-refractivity contribution in [2.45, 2.75) is 51.0 Å². The van der Waals surface area contributed by atoms with E-state index < -0.39 is 5.97 Å². The Labute approximate surface area is 114 Å². The highest BCUT2D eigenvalue weighted by Gasteiger charge is 2.33. The van der Waals surface area contributed by atoms with E-state index in [0.29, 0.717) is 19.5 Å². The van der Waals surface area contributed by atoms with Crippen molar-refractivity contribution in [1.29, 1.82) is 0 Å². The third-order valence-corrected chi connectivity index (χ3v) is 4.30. The van der Waals surface area contributed by atoms with Gasteiger partial charge in [0.15, 0.2) is 0 Å². The number of carbonyl (C=O) groups is 2. The molecule has 5 nitrogen and oxygen atoms in total. The van der Waals surface area contributed by atoms with Crippen LogP contribution in [0, 0.1) is 11.8 Å². The number of carbonyl (C=O) groups excluding carboxylic acids is 1. The van der Waals surface area contributed by atoms with Crippen LogP contribution in [0.25, 0.3) is 0 Å². The molecule has 1 heterocycles. The fourth-order valence-electron chi connectivity index (χ4n) is 3.43. The summed E-state index contributed by atoms with van der Waals surface area (Å²) in [5, 5.41) is 8.88. The molecule has 1 saturated heterocycles. The van der Waals surface area contributed by atoms with Crippen LogP contribution in [-0.4, -0.2) is 41.0 Å². The molecule has 0 aromatic rings. The number of rotatable bonds is 3. The van der Waals surface area contributed by atoms with Crippen LogP contribution >= 0.6 is 0 Å². The van der Waals surface area contributed by atoms with Gasteiger partial charge in [-0.3, -0.25) is 9.59 Å². The third kappa shape index (κ3) is 3.93. The van der Waals surface area contributed by atoms with Crippen LogP contribution in [0.4, 0.5) is 0 Å². The summed E-state index contributed by atoms with van der Waals surface area (Å²) >= 11 is 0. The molecule has 1 amide bonds. The van der Waals surface area contributed by atoms with Crippen molar-refractivity contribution in [2.24, 2.45) is 17.6 Å². The van der Waals surface area contributed by atoms with Crippen LogP contribution in [0.3, 0.4) is 0 Å². The number of nitrogens with zero attached hydrogens (tertiary/aromatic N) is 1. The lowest BCUT2D eigenvalue weighted by Gasteiger charge is -2.38. The van der Waals surface area contributed by atoms with Gasteiger partial charge in [-0.1, -0.05) is 19.3 Å². The van der Waals surface area contributed by atoms with Gasteiger partial charge in [0, 0.05) is 31.5 Å². The minimum absolute atomic E-state index is 0.00814. The molecule has 1 saturated carbocycles. The van der Waals surface area contributed by atoms with Crippen LogP contribution in [0.2, 0.25) is 0 Å². The van der Waals surface area contributed by atoms with Gasteiger partial charge in [-0.05, 0) is 25.2 Å². The highest BCUT2D eigenvalue weighted by atomic mass is 16.4. The van der Waals surface area contributed by atoms with E-state index in [1.54, 1.807) is 0 Å². The lowest BCUT2D eigenvalue weighted by atomic mass is 9.86. The number of aliphatic carboxylic acids is 1. The number of hydrogen-bond acceptors (Lipinski definition) is 3. The Kier molecular flexibility index (Phi) is 4.80. The minimum Gasteiger partial charge on any atom is -0.481 e. The predicted molar refractivity (Wildman–Crippen MR) is 71.5 cm³/mol. The number of carboxylic acid groups (broad SMARTS) is 1. The average molecular weight is 268 g/mol. The molecule has 0 bridgehead atoms. The largest absolute Gasteiger partial charge is 0.481 e. The SMILES string of the molecule is NC1CC(CC(=O)O)CN(C(=O)C2CCCCC2)C1. The van der Waals surface area contributed by atoms with Gasteiger partial charge in [-0.25, -0.2) is 0 Å². The van der Waals surface area contributed by atoms with Crippen molar-refractivity contribution in [3.8, 4) is 0 Å². The Morgan fingerprint density at radius 1 is 1.16 bits per heavy atom. The molecule has 1 aliphatic carbocycles. The van der Waals surface area contributed by atoms with Gasteiger partial charge < -0.3 is 15.7 Å². The molecule has 2 rings (SSSR count). The predicted octanol–water partition coefficient (Wildman–Crippen LogP) is 1.22. The van der Waals surface area contributed by atoms with E-state index in [1.165, 1.54) is 6.42 Å². The minimum atomic E-state index is -0.802. The molecule has 1 aliphatic heterocycles. The van der Waals surface area contributed by atoms with E-state index in [0.717, 1.165) is 25.7 Å². The van der Waals surface area contributed by atoms with Crippen molar-refractivity contribution in [2.75, 3.05) is 13.1 Å². The van der Waals surface area contributed by atoms with Crippen molar-refractivity contribution < 1.29 is 14.7 Å². The average Bonchev–Trinajstić information content (AvgIpc) is 2.37. The molecule has 0 aromatic carbocycles. The first-order chi connectivity index (χ1) is 9.06. The molecule has 2 aliphatic rings. The van der Waals surface area contributed by atoms with Crippen molar-refractivity contribution in [3.63, 3.8) is 0 Å². The molecule has 2 atom stereocenters. The fraction of sp³-hybridized carbons (Fsp3) is 0.857. The molecular weight excluding hydrogens is 244 g/mol. The first-order valence-corrected chi connectivity index (χ1v) is 7.32. The van der Waals surface area contributed by atoms with E-state index >= 15 is 0 Å². The summed E-state index contributed by atoms with van der Waals surface area (Å²) in [4.78, 5) is 25.1. The summed E-state index contributed by atoms with van der Waals surface area (Å²) < 4.78 is 0. The highest BCUT2D eigenvalue weighted by Crippen LogP contribution is 2.28.